The molecule has 1 heterocycles. The van der Waals surface area contributed by atoms with Gasteiger partial charge in [-0.2, -0.15) is 0 Å². The molecule has 1 saturated carbocycles. The molecular formula is C13H19N3S. The summed E-state index contributed by atoms with van der Waals surface area (Å²) in [7, 11) is 0. The number of nitrogens with zero attached hydrogens (tertiary/aromatic N) is 1. The van der Waals surface area contributed by atoms with E-state index in [1.807, 2.05) is 19.1 Å². The van der Waals surface area contributed by atoms with E-state index in [0.29, 0.717) is 4.99 Å². The van der Waals surface area contributed by atoms with Crippen LogP contribution in [-0.4, -0.2) is 15.5 Å². The van der Waals surface area contributed by atoms with Gasteiger partial charge in [0.2, 0.25) is 0 Å². The van der Waals surface area contributed by atoms with Crippen molar-refractivity contribution in [3.8, 4) is 0 Å². The fourth-order valence-electron chi connectivity index (χ4n) is 2.27. The van der Waals surface area contributed by atoms with E-state index in [1.165, 1.54) is 19.3 Å². The number of aromatic nitrogens is 1. The van der Waals surface area contributed by atoms with Gasteiger partial charge in [-0.3, -0.25) is 0 Å². The Morgan fingerprint density at radius 3 is 2.71 bits per heavy atom. The molecule has 0 spiro atoms. The first kappa shape index (κ1) is 12.3. The van der Waals surface area contributed by atoms with Crippen molar-refractivity contribution in [3.05, 3.63) is 23.4 Å². The molecule has 1 aliphatic rings. The van der Waals surface area contributed by atoms with Gasteiger partial charge < -0.3 is 11.1 Å². The molecule has 1 aliphatic carbocycles. The van der Waals surface area contributed by atoms with E-state index >= 15 is 0 Å². The van der Waals surface area contributed by atoms with Crippen LogP contribution >= 0.6 is 12.2 Å². The average molecular weight is 249 g/mol. The highest BCUT2D eigenvalue weighted by Gasteiger charge is 2.35. The highest BCUT2D eigenvalue weighted by Crippen LogP contribution is 2.38. The summed E-state index contributed by atoms with van der Waals surface area (Å²) in [5.41, 5.74) is 7.78. The van der Waals surface area contributed by atoms with Crippen LogP contribution in [0.1, 0.15) is 43.9 Å². The predicted octanol–water partition coefficient (Wildman–Crippen LogP) is 2.77. The second-order valence-corrected chi connectivity index (χ2v) is 5.27. The minimum Gasteiger partial charge on any atom is -0.389 e. The quantitative estimate of drug-likeness (QED) is 0.806. The van der Waals surface area contributed by atoms with Crippen molar-refractivity contribution in [2.45, 2.75) is 45.1 Å². The lowest BCUT2D eigenvalue weighted by molar-refractivity contribution is 0.269. The molecule has 1 aromatic rings. The van der Waals surface area contributed by atoms with Gasteiger partial charge in [-0.1, -0.05) is 19.1 Å². The molecule has 0 amide bonds. The number of nitrogens with one attached hydrogen (secondary N) is 1. The van der Waals surface area contributed by atoms with E-state index in [2.05, 4.69) is 17.2 Å². The molecule has 0 aromatic carbocycles. The third-order valence-corrected chi connectivity index (χ3v) is 3.89. The molecule has 2 rings (SSSR count). The zero-order chi connectivity index (χ0) is 12.5. The van der Waals surface area contributed by atoms with E-state index in [9.17, 15) is 0 Å². The fourth-order valence-corrected chi connectivity index (χ4v) is 2.44. The van der Waals surface area contributed by atoms with Crippen LogP contribution in [0.5, 0.6) is 0 Å². The average Bonchev–Trinajstić information content (AvgIpc) is 2.23. The summed E-state index contributed by atoms with van der Waals surface area (Å²) in [5.74, 6) is 0.846. The molecule has 3 N–H and O–H groups in total. The lowest BCUT2D eigenvalue weighted by Crippen LogP contribution is -2.45. The Morgan fingerprint density at radius 1 is 1.53 bits per heavy atom. The Morgan fingerprint density at radius 2 is 2.24 bits per heavy atom. The van der Waals surface area contributed by atoms with Crippen LogP contribution in [-0.2, 0) is 0 Å². The zero-order valence-corrected chi connectivity index (χ0v) is 11.2. The molecule has 1 fully saturated rings. The summed E-state index contributed by atoms with van der Waals surface area (Å²) in [4.78, 5) is 4.94. The largest absolute Gasteiger partial charge is 0.389 e. The fraction of sp³-hybridized carbons (Fsp3) is 0.538. The molecule has 0 radical (unpaired) electrons. The Labute approximate surface area is 108 Å². The van der Waals surface area contributed by atoms with Crippen LogP contribution in [0.3, 0.4) is 0 Å². The smallest absolute Gasteiger partial charge is 0.136 e. The van der Waals surface area contributed by atoms with Gasteiger partial charge in [-0.05, 0) is 44.7 Å². The number of thiocarbonyl (C=S) groups is 1. The summed E-state index contributed by atoms with van der Waals surface area (Å²) in [6.45, 7) is 4.19. The predicted molar refractivity (Wildman–Crippen MR) is 75.4 cm³/mol. The number of anilines is 1. The molecule has 0 aliphatic heterocycles. The van der Waals surface area contributed by atoms with Crippen LogP contribution in [0, 0.1) is 6.92 Å². The topological polar surface area (TPSA) is 50.9 Å². The Balaban J connectivity index is 2.30. The van der Waals surface area contributed by atoms with Crippen LogP contribution in [0.2, 0.25) is 0 Å². The van der Waals surface area contributed by atoms with E-state index in [-0.39, 0.29) is 5.54 Å². The highest BCUT2D eigenvalue weighted by atomic mass is 32.1. The Hall–Kier alpha value is -1.16. The first-order valence-corrected chi connectivity index (χ1v) is 6.53. The summed E-state index contributed by atoms with van der Waals surface area (Å²) < 4.78 is 0. The SMILES string of the molecule is CCC1(Nc2nc(C)ccc2C(N)=S)CCC1. The van der Waals surface area contributed by atoms with Crippen molar-refractivity contribution >= 4 is 23.0 Å². The number of aryl methyl sites for hydroxylation is 1. The Bertz CT molecular complexity index is 433. The third kappa shape index (κ3) is 2.41. The van der Waals surface area contributed by atoms with Crippen LogP contribution in [0.4, 0.5) is 5.82 Å². The van der Waals surface area contributed by atoms with E-state index in [1.54, 1.807) is 0 Å². The minimum atomic E-state index is 0.209. The van der Waals surface area contributed by atoms with Gasteiger partial charge in [0.1, 0.15) is 10.8 Å². The number of pyridine rings is 1. The molecular weight excluding hydrogens is 230 g/mol. The van der Waals surface area contributed by atoms with Gasteiger partial charge in [0.15, 0.2) is 0 Å². The first-order valence-electron chi connectivity index (χ1n) is 6.12. The summed E-state index contributed by atoms with van der Waals surface area (Å²) in [6, 6.07) is 3.90. The third-order valence-electron chi connectivity index (χ3n) is 3.67. The lowest BCUT2D eigenvalue weighted by atomic mass is 9.75. The van der Waals surface area contributed by atoms with Crippen molar-refractivity contribution in [1.82, 2.24) is 4.98 Å². The lowest BCUT2D eigenvalue weighted by Gasteiger charge is -2.42. The molecule has 17 heavy (non-hydrogen) atoms. The molecule has 0 atom stereocenters. The van der Waals surface area contributed by atoms with Crippen molar-refractivity contribution in [2.75, 3.05) is 5.32 Å². The van der Waals surface area contributed by atoms with Gasteiger partial charge in [0.05, 0.1) is 5.56 Å². The second-order valence-electron chi connectivity index (χ2n) is 4.83. The van der Waals surface area contributed by atoms with Crippen molar-refractivity contribution < 1.29 is 0 Å². The minimum absolute atomic E-state index is 0.209. The van der Waals surface area contributed by atoms with Gasteiger partial charge in [-0.15, -0.1) is 0 Å². The van der Waals surface area contributed by atoms with Gasteiger partial charge in [0, 0.05) is 11.2 Å². The van der Waals surface area contributed by atoms with Gasteiger partial charge >= 0.3 is 0 Å². The number of hydrogen-bond donors (Lipinski definition) is 2. The van der Waals surface area contributed by atoms with Gasteiger partial charge in [-0.25, -0.2) is 4.98 Å². The Kier molecular flexibility index (Phi) is 3.33. The van der Waals surface area contributed by atoms with Crippen LogP contribution in [0.25, 0.3) is 0 Å². The standard InChI is InChI=1S/C13H19N3S/c1-3-13(7-4-8-13)16-12-10(11(14)17)6-5-9(2)15-12/h5-6H,3-4,7-8H2,1-2H3,(H2,14,17)(H,15,16). The molecule has 0 bridgehead atoms. The van der Waals surface area contributed by atoms with Crippen molar-refractivity contribution in [2.24, 2.45) is 5.73 Å². The number of nitrogens with two attached hydrogens (primary N) is 1. The monoisotopic (exact) mass is 249 g/mol. The molecule has 0 unspecified atom stereocenters. The van der Waals surface area contributed by atoms with E-state index in [4.69, 9.17) is 18.0 Å². The van der Waals surface area contributed by atoms with Crippen molar-refractivity contribution in [1.29, 1.82) is 0 Å². The van der Waals surface area contributed by atoms with Crippen LogP contribution < -0.4 is 11.1 Å². The summed E-state index contributed by atoms with van der Waals surface area (Å²) in [5, 5.41) is 3.55. The number of rotatable bonds is 4. The normalized spacial score (nSPS) is 17.3. The molecule has 0 saturated heterocycles. The molecule has 4 heteroatoms. The van der Waals surface area contributed by atoms with Crippen molar-refractivity contribution in [3.63, 3.8) is 0 Å². The molecule has 3 nitrogen and oxygen atoms in total. The molecule has 1 aromatic heterocycles. The summed E-state index contributed by atoms with van der Waals surface area (Å²) in [6.07, 6.45) is 4.81. The van der Waals surface area contributed by atoms with E-state index < -0.39 is 0 Å². The maximum Gasteiger partial charge on any atom is 0.136 e. The first-order chi connectivity index (χ1) is 8.06. The van der Waals surface area contributed by atoms with Gasteiger partial charge in [0.25, 0.3) is 0 Å². The molecule has 92 valence electrons. The second kappa shape index (κ2) is 4.61. The highest BCUT2D eigenvalue weighted by molar-refractivity contribution is 7.80. The number of hydrogen-bond acceptors (Lipinski definition) is 3. The maximum absolute atomic E-state index is 5.74. The summed E-state index contributed by atoms with van der Waals surface area (Å²) >= 11 is 5.07. The van der Waals surface area contributed by atoms with Crippen LogP contribution in [0.15, 0.2) is 12.1 Å². The van der Waals surface area contributed by atoms with E-state index in [0.717, 1.165) is 23.5 Å². The zero-order valence-electron chi connectivity index (χ0n) is 10.4. The maximum atomic E-state index is 5.74.